The zero-order valence-corrected chi connectivity index (χ0v) is 31.6. The minimum atomic E-state index is 0.704. The molecule has 0 N–H and O–H groups in total. The third-order valence-corrected chi connectivity index (χ3v) is 10.9. The van der Waals surface area contributed by atoms with Crippen LogP contribution >= 0.6 is 0 Å². The zero-order chi connectivity index (χ0) is 38.1. The van der Waals surface area contributed by atoms with Crippen molar-refractivity contribution < 1.29 is 0 Å². The van der Waals surface area contributed by atoms with Gasteiger partial charge in [0.1, 0.15) is 0 Å². The second-order valence-corrected chi connectivity index (χ2v) is 14.6. The summed E-state index contributed by atoms with van der Waals surface area (Å²) in [7, 11) is 0. The topological polar surface area (TPSA) is 51.6 Å². The number of aromatic nitrogens is 4. The van der Waals surface area contributed by atoms with E-state index in [-0.39, 0.29) is 0 Å². The van der Waals surface area contributed by atoms with Crippen molar-refractivity contribution in [1.82, 2.24) is 19.9 Å². The van der Waals surface area contributed by atoms with Gasteiger partial charge in [0, 0.05) is 33.0 Å². The van der Waals surface area contributed by atoms with Gasteiger partial charge in [-0.05, 0) is 71.4 Å². The standard InChI is InChI=1S/C53H38N4/c1-35-33-48(55-52-46(35)31-29-44-30-32-47(54-51(44)52)40-13-7-3-8-14-40)41-23-19-38(20-24-41)39-21-27-43(28-22-39)50-34-49(56-53(57-50)45-15-9-4-10-16-45)42-25-17-37(18-26-42)36-11-5-2-6-12-36/h2-7,9-13,15-34H,8,14H2,1H3. The van der Waals surface area contributed by atoms with E-state index in [1.807, 2.05) is 24.3 Å². The molecule has 0 aliphatic heterocycles. The largest absolute Gasteiger partial charge is 0.246 e. The molecule has 4 heteroatoms. The van der Waals surface area contributed by atoms with Gasteiger partial charge < -0.3 is 0 Å². The van der Waals surface area contributed by atoms with Crippen LogP contribution in [0.5, 0.6) is 0 Å². The highest BCUT2D eigenvalue weighted by molar-refractivity contribution is 6.05. The van der Waals surface area contributed by atoms with Gasteiger partial charge in [-0.1, -0.05) is 170 Å². The summed E-state index contributed by atoms with van der Waals surface area (Å²) in [5.41, 5.74) is 16.9. The molecule has 0 spiro atoms. The van der Waals surface area contributed by atoms with E-state index in [1.54, 1.807) is 0 Å². The van der Waals surface area contributed by atoms with E-state index < -0.39 is 0 Å². The van der Waals surface area contributed by atoms with Gasteiger partial charge in [-0.3, -0.25) is 0 Å². The first-order chi connectivity index (χ1) is 28.1. The molecule has 3 aromatic heterocycles. The van der Waals surface area contributed by atoms with Gasteiger partial charge in [-0.2, -0.15) is 0 Å². The first-order valence-corrected chi connectivity index (χ1v) is 19.5. The molecule has 3 heterocycles. The third-order valence-electron chi connectivity index (χ3n) is 10.9. The maximum Gasteiger partial charge on any atom is 0.160 e. The van der Waals surface area contributed by atoms with Gasteiger partial charge in [-0.25, -0.2) is 19.9 Å². The summed E-state index contributed by atoms with van der Waals surface area (Å²) in [6, 6.07) is 59.6. The van der Waals surface area contributed by atoms with Crippen LogP contribution in [-0.4, -0.2) is 19.9 Å². The van der Waals surface area contributed by atoms with E-state index in [0.717, 1.165) is 90.8 Å². The van der Waals surface area contributed by atoms with Crippen molar-refractivity contribution in [1.29, 1.82) is 0 Å². The molecule has 1 aliphatic carbocycles. The number of pyridine rings is 2. The van der Waals surface area contributed by atoms with E-state index >= 15 is 0 Å². The number of hydrogen-bond donors (Lipinski definition) is 0. The Hall–Kier alpha value is -7.30. The SMILES string of the molecule is Cc1cc(-c2ccc(-c3ccc(-c4cc(-c5ccc(-c6ccccc6)cc5)nc(-c5ccccc5)n4)cc3)cc2)nc2c1ccc1ccc(C3=CC=CCC3)nc12. The Morgan fingerprint density at radius 1 is 0.404 bits per heavy atom. The molecule has 0 atom stereocenters. The average Bonchev–Trinajstić information content (AvgIpc) is 3.29. The lowest BCUT2D eigenvalue weighted by molar-refractivity contribution is 1.04. The molecule has 57 heavy (non-hydrogen) atoms. The summed E-state index contributed by atoms with van der Waals surface area (Å²) in [4.78, 5) is 20.5. The lowest BCUT2D eigenvalue weighted by Gasteiger charge is -2.12. The summed E-state index contributed by atoms with van der Waals surface area (Å²) < 4.78 is 0. The van der Waals surface area contributed by atoms with Crippen LogP contribution in [0.25, 0.3) is 94.8 Å². The predicted octanol–water partition coefficient (Wildman–Crippen LogP) is 13.6. The summed E-state index contributed by atoms with van der Waals surface area (Å²) in [6.45, 7) is 2.17. The second kappa shape index (κ2) is 14.7. The number of rotatable bonds is 7. The number of hydrogen-bond acceptors (Lipinski definition) is 4. The molecular weight excluding hydrogens is 693 g/mol. The molecule has 0 bridgehead atoms. The van der Waals surface area contributed by atoms with Crippen LogP contribution in [0.1, 0.15) is 24.1 Å². The molecule has 0 fully saturated rings. The van der Waals surface area contributed by atoms with Crippen LogP contribution in [0, 0.1) is 6.92 Å². The van der Waals surface area contributed by atoms with Crippen LogP contribution in [-0.2, 0) is 0 Å². The Balaban J connectivity index is 0.953. The highest BCUT2D eigenvalue weighted by Crippen LogP contribution is 2.34. The first kappa shape index (κ1) is 34.2. The monoisotopic (exact) mass is 730 g/mol. The Kier molecular flexibility index (Phi) is 8.85. The van der Waals surface area contributed by atoms with E-state index in [9.17, 15) is 0 Å². The van der Waals surface area contributed by atoms with E-state index in [0.29, 0.717) is 5.82 Å². The minimum Gasteiger partial charge on any atom is -0.246 e. The zero-order valence-electron chi connectivity index (χ0n) is 31.6. The molecule has 9 aromatic rings. The smallest absolute Gasteiger partial charge is 0.160 e. The van der Waals surface area contributed by atoms with Gasteiger partial charge in [0.15, 0.2) is 5.82 Å². The van der Waals surface area contributed by atoms with E-state index in [2.05, 4.69) is 171 Å². The van der Waals surface area contributed by atoms with Crippen LogP contribution in [0.15, 0.2) is 188 Å². The Labute approximate surface area is 332 Å². The highest BCUT2D eigenvalue weighted by Gasteiger charge is 2.14. The summed E-state index contributed by atoms with van der Waals surface area (Å²) in [5, 5.41) is 2.24. The van der Waals surface area contributed by atoms with Crippen molar-refractivity contribution in [2.24, 2.45) is 0 Å². The number of nitrogens with zero attached hydrogens (tertiary/aromatic N) is 4. The molecule has 0 radical (unpaired) electrons. The van der Waals surface area contributed by atoms with Crippen LogP contribution < -0.4 is 0 Å². The fourth-order valence-electron chi connectivity index (χ4n) is 7.77. The Morgan fingerprint density at radius 2 is 0.895 bits per heavy atom. The van der Waals surface area contributed by atoms with Gasteiger partial charge in [0.25, 0.3) is 0 Å². The lowest BCUT2D eigenvalue weighted by Crippen LogP contribution is -1.96. The average molecular weight is 731 g/mol. The molecular formula is C53H38N4. The van der Waals surface area contributed by atoms with Gasteiger partial charge in [0.2, 0.25) is 0 Å². The second-order valence-electron chi connectivity index (χ2n) is 14.6. The summed E-state index contributed by atoms with van der Waals surface area (Å²) in [5.74, 6) is 0.704. The van der Waals surface area contributed by atoms with Crippen molar-refractivity contribution in [3.63, 3.8) is 0 Å². The molecule has 0 unspecified atom stereocenters. The maximum atomic E-state index is 5.24. The Morgan fingerprint density at radius 3 is 1.46 bits per heavy atom. The molecule has 0 saturated heterocycles. The Bertz CT molecular complexity index is 2970. The van der Waals surface area contributed by atoms with Crippen molar-refractivity contribution >= 4 is 27.4 Å². The molecule has 4 nitrogen and oxygen atoms in total. The fraction of sp³-hybridized carbons (Fsp3) is 0.0566. The third kappa shape index (κ3) is 6.83. The lowest BCUT2D eigenvalue weighted by atomic mass is 9.98. The molecule has 6 aromatic carbocycles. The summed E-state index contributed by atoms with van der Waals surface area (Å²) in [6.07, 6.45) is 8.58. The van der Waals surface area contributed by atoms with Crippen molar-refractivity contribution in [3.05, 3.63) is 199 Å². The van der Waals surface area contributed by atoms with Crippen LogP contribution in [0.4, 0.5) is 0 Å². The van der Waals surface area contributed by atoms with Crippen molar-refractivity contribution in [2.45, 2.75) is 19.8 Å². The molecule has 0 amide bonds. The highest BCUT2D eigenvalue weighted by atomic mass is 14.9. The number of aryl methyl sites for hydroxylation is 1. The molecule has 1 aliphatic rings. The molecule has 0 saturated carbocycles. The van der Waals surface area contributed by atoms with Crippen LogP contribution in [0.3, 0.4) is 0 Å². The van der Waals surface area contributed by atoms with Crippen molar-refractivity contribution in [3.8, 4) is 67.4 Å². The summed E-state index contributed by atoms with van der Waals surface area (Å²) >= 11 is 0. The van der Waals surface area contributed by atoms with Gasteiger partial charge >= 0.3 is 0 Å². The van der Waals surface area contributed by atoms with E-state index in [1.165, 1.54) is 22.3 Å². The van der Waals surface area contributed by atoms with E-state index in [4.69, 9.17) is 19.9 Å². The normalized spacial score (nSPS) is 12.5. The van der Waals surface area contributed by atoms with Gasteiger partial charge in [-0.15, -0.1) is 0 Å². The quantitative estimate of drug-likeness (QED) is 0.153. The number of fused-ring (bicyclic) bond motifs is 3. The fourth-order valence-corrected chi connectivity index (χ4v) is 7.77. The minimum absolute atomic E-state index is 0.704. The first-order valence-electron chi connectivity index (χ1n) is 19.5. The molecule has 270 valence electrons. The predicted molar refractivity (Wildman–Crippen MR) is 236 cm³/mol. The number of allylic oxidation sites excluding steroid dienone is 4. The molecule has 10 rings (SSSR count). The van der Waals surface area contributed by atoms with Crippen LogP contribution in [0.2, 0.25) is 0 Å². The van der Waals surface area contributed by atoms with Crippen molar-refractivity contribution in [2.75, 3.05) is 0 Å². The van der Waals surface area contributed by atoms with Gasteiger partial charge in [0.05, 0.1) is 33.8 Å². The maximum absolute atomic E-state index is 5.24. The number of benzene rings is 6.